The molecule has 0 bridgehead atoms. The van der Waals surface area contributed by atoms with E-state index in [1.165, 1.54) is 17.7 Å². The first-order chi connectivity index (χ1) is 26.6. The predicted octanol–water partition coefficient (Wildman–Crippen LogP) is 7.52. The van der Waals surface area contributed by atoms with E-state index in [1.54, 1.807) is 6.07 Å². The summed E-state index contributed by atoms with van der Waals surface area (Å²) in [7, 11) is -0.00201. The Bertz CT molecular complexity index is 1800. The molecule has 2 aromatic carbocycles. The van der Waals surface area contributed by atoms with E-state index in [1.807, 2.05) is 32.7 Å². The zero-order valence-corrected chi connectivity index (χ0v) is 36.3. The molecule has 306 valence electrons. The van der Waals surface area contributed by atoms with Gasteiger partial charge in [0, 0.05) is 64.1 Å². The number of amides is 2. The predicted molar refractivity (Wildman–Crippen MR) is 226 cm³/mol. The summed E-state index contributed by atoms with van der Waals surface area (Å²) in [5, 5.41) is 10.2. The average Bonchev–Trinajstić information content (AvgIpc) is 3.60. The lowest BCUT2D eigenvalue weighted by atomic mass is 9.92. The van der Waals surface area contributed by atoms with Crippen molar-refractivity contribution in [3.05, 3.63) is 76.6 Å². The second-order valence-corrected chi connectivity index (χ2v) is 22.1. The Morgan fingerprint density at radius 1 is 0.929 bits per heavy atom. The van der Waals surface area contributed by atoms with Gasteiger partial charge in [0.25, 0.3) is 11.8 Å². The zero-order valence-electron chi connectivity index (χ0n) is 35.3. The Kier molecular flexibility index (Phi) is 14.7. The van der Waals surface area contributed by atoms with E-state index in [0.29, 0.717) is 56.3 Å². The van der Waals surface area contributed by atoms with Gasteiger partial charge in [-0.05, 0) is 86.7 Å². The number of rotatable bonds is 17. The van der Waals surface area contributed by atoms with E-state index in [-0.39, 0.29) is 34.0 Å². The van der Waals surface area contributed by atoms with Crippen LogP contribution in [0.4, 0.5) is 0 Å². The quantitative estimate of drug-likeness (QED) is 0.140. The van der Waals surface area contributed by atoms with Crippen molar-refractivity contribution >= 4 is 26.1 Å². The molecule has 5 rings (SSSR count). The topological polar surface area (TPSA) is 111 Å². The number of carbonyl (C=O) groups excluding carboxylic acids is 2. The summed E-state index contributed by atoms with van der Waals surface area (Å²) in [5.74, 6) is -0.990. The van der Waals surface area contributed by atoms with Gasteiger partial charge in [-0.1, -0.05) is 71.7 Å². The third-order valence-corrected chi connectivity index (χ3v) is 16.6. The van der Waals surface area contributed by atoms with Crippen molar-refractivity contribution < 1.29 is 23.9 Å². The summed E-state index contributed by atoms with van der Waals surface area (Å²) >= 11 is 0. The number of aromatic carboxylic acids is 1. The molecule has 0 radical (unpaired) electrons. The van der Waals surface area contributed by atoms with Crippen LogP contribution in [0.5, 0.6) is 0 Å². The Morgan fingerprint density at radius 3 is 2.21 bits per heavy atom. The minimum atomic E-state index is -2.15. The minimum absolute atomic E-state index is 0.00335. The number of aryl methyl sites for hydroxylation is 1. The van der Waals surface area contributed by atoms with Crippen LogP contribution in [0.2, 0.25) is 18.1 Å². The number of aromatic nitrogens is 2. The van der Waals surface area contributed by atoms with Crippen LogP contribution < -0.4 is 0 Å². The number of imidazole rings is 1. The molecule has 2 aliphatic heterocycles. The third-order valence-electron chi connectivity index (χ3n) is 12.1. The van der Waals surface area contributed by atoms with Gasteiger partial charge in [0.05, 0.1) is 23.8 Å². The van der Waals surface area contributed by atoms with E-state index in [0.717, 1.165) is 70.4 Å². The first-order valence-electron chi connectivity index (χ1n) is 20.8. The third kappa shape index (κ3) is 10.6. The SMILES string of the molecule is CCCCN(CCCC)C(=O)c1cn(CCCN2CCN(C)CC2)c(-c2ccc(C(=O)O)cc2C(=O)N2Cc3ccccc3C[C@H]2CO[Si](C)(C)C(C)(C)C)n1. The number of piperazine rings is 1. The molecule has 1 saturated heterocycles. The van der Waals surface area contributed by atoms with Crippen molar-refractivity contribution in [3.63, 3.8) is 0 Å². The Morgan fingerprint density at radius 2 is 1.59 bits per heavy atom. The standard InChI is InChI=1S/C44H66N6O5Si/c1-9-11-21-48(22-12-10-2)42(52)39-31-49(23-15-20-47-26-24-46(6)25-27-47)40(45-39)37-19-18-34(43(53)54)29-38(37)41(51)50-30-35-17-14-13-16-33(35)28-36(50)32-55-56(7,8)44(3,4)5/h13-14,16-19,29,31,36H,9-12,15,20-28,30,32H2,1-8H3,(H,53,54)/t36-/m0/s1. The molecular weight excluding hydrogens is 721 g/mol. The number of hydrogen-bond donors (Lipinski definition) is 1. The van der Waals surface area contributed by atoms with E-state index < -0.39 is 14.3 Å². The van der Waals surface area contributed by atoms with Crippen molar-refractivity contribution in [2.75, 3.05) is 59.5 Å². The molecule has 12 heteroatoms. The van der Waals surface area contributed by atoms with Crippen molar-refractivity contribution in [2.45, 2.75) is 110 Å². The maximum atomic E-state index is 15.1. The lowest BCUT2D eigenvalue weighted by molar-refractivity contribution is 0.0555. The lowest BCUT2D eigenvalue weighted by Gasteiger charge is -2.41. The summed E-state index contributed by atoms with van der Waals surface area (Å²) < 4.78 is 8.77. The molecule has 0 spiro atoms. The molecule has 1 N–H and O–H groups in total. The second-order valence-electron chi connectivity index (χ2n) is 17.3. The van der Waals surface area contributed by atoms with Crippen LogP contribution in [0, 0.1) is 0 Å². The number of carbonyl (C=O) groups is 3. The molecule has 0 unspecified atom stereocenters. The number of likely N-dealkylation sites (N-methyl/N-ethyl adjacent to an activating group) is 1. The monoisotopic (exact) mass is 786 g/mol. The van der Waals surface area contributed by atoms with Crippen molar-refractivity contribution in [3.8, 4) is 11.4 Å². The molecule has 1 fully saturated rings. The van der Waals surface area contributed by atoms with Gasteiger partial charge in [-0.15, -0.1) is 0 Å². The van der Waals surface area contributed by atoms with Crippen LogP contribution in [0.3, 0.4) is 0 Å². The van der Waals surface area contributed by atoms with Crippen LogP contribution in [-0.2, 0) is 23.9 Å². The van der Waals surface area contributed by atoms with Crippen LogP contribution in [0.15, 0.2) is 48.7 Å². The van der Waals surface area contributed by atoms with E-state index in [2.05, 4.69) is 76.7 Å². The molecule has 2 aliphatic rings. The fourth-order valence-electron chi connectivity index (χ4n) is 7.31. The summed E-state index contributed by atoms with van der Waals surface area (Å²) in [6, 6.07) is 12.7. The molecule has 1 atom stereocenters. The largest absolute Gasteiger partial charge is 0.478 e. The van der Waals surface area contributed by atoms with Crippen LogP contribution in [0.25, 0.3) is 11.4 Å². The highest BCUT2D eigenvalue weighted by Gasteiger charge is 2.40. The van der Waals surface area contributed by atoms with Crippen molar-refractivity contribution in [1.29, 1.82) is 0 Å². The Labute approximate surface area is 336 Å². The lowest BCUT2D eigenvalue weighted by Crippen LogP contribution is -2.50. The maximum absolute atomic E-state index is 15.1. The van der Waals surface area contributed by atoms with Crippen LogP contribution >= 0.6 is 0 Å². The fourth-order valence-corrected chi connectivity index (χ4v) is 8.36. The van der Waals surface area contributed by atoms with Gasteiger partial charge in [0.1, 0.15) is 11.5 Å². The summed E-state index contributed by atoms with van der Waals surface area (Å²) in [4.78, 5) is 55.3. The highest BCUT2D eigenvalue weighted by molar-refractivity contribution is 6.74. The van der Waals surface area contributed by atoms with Gasteiger partial charge in [-0.3, -0.25) is 9.59 Å². The van der Waals surface area contributed by atoms with E-state index in [4.69, 9.17) is 9.41 Å². The number of unbranched alkanes of at least 4 members (excludes halogenated alkanes) is 2. The first kappa shape index (κ1) is 43.3. The second kappa shape index (κ2) is 19.1. The zero-order chi connectivity index (χ0) is 40.6. The molecule has 2 amide bonds. The van der Waals surface area contributed by atoms with Gasteiger partial charge in [-0.25, -0.2) is 9.78 Å². The normalized spacial score (nSPS) is 16.9. The first-order valence-corrected chi connectivity index (χ1v) is 23.7. The number of hydrogen-bond acceptors (Lipinski definition) is 7. The maximum Gasteiger partial charge on any atom is 0.335 e. The van der Waals surface area contributed by atoms with Crippen LogP contribution in [0.1, 0.15) is 109 Å². The molecule has 0 aliphatic carbocycles. The summed E-state index contributed by atoms with van der Waals surface area (Å²) in [5.41, 5.74) is 3.42. The highest BCUT2D eigenvalue weighted by atomic mass is 28.4. The van der Waals surface area contributed by atoms with E-state index >= 15 is 4.79 Å². The summed E-state index contributed by atoms with van der Waals surface area (Å²) in [6.07, 6.45) is 7.08. The Hall–Kier alpha value is -3.84. The number of nitrogens with zero attached hydrogens (tertiary/aromatic N) is 6. The highest BCUT2D eigenvalue weighted by Crippen LogP contribution is 2.38. The average molecular weight is 787 g/mol. The van der Waals surface area contributed by atoms with Gasteiger partial charge in [0.15, 0.2) is 8.32 Å². The van der Waals surface area contributed by atoms with Crippen molar-refractivity contribution in [2.24, 2.45) is 0 Å². The fraction of sp³-hybridized carbons (Fsp3) is 0.591. The number of benzene rings is 2. The molecule has 56 heavy (non-hydrogen) atoms. The molecular formula is C44H66N6O5Si. The molecule has 1 aromatic heterocycles. The number of fused-ring (bicyclic) bond motifs is 1. The molecule has 11 nitrogen and oxygen atoms in total. The summed E-state index contributed by atoms with van der Waals surface area (Å²) in [6.45, 7) is 23.0. The molecule has 0 saturated carbocycles. The Balaban J connectivity index is 1.56. The van der Waals surface area contributed by atoms with Gasteiger partial charge in [0.2, 0.25) is 0 Å². The van der Waals surface area contributed by atoms with Crippen LogP contribution in [-0.4, -0.2) is 126 Å². The van der Waals surface area contributed by atoms with Gasteiger partial charge < -0.3 is 33.7 Å². The molecule has 3 heterocycles. The smallest absolute Gasteiger partial charge is 0.335 e. The van der Waals surface area contributed by atoms with Gasteiger partial charge >= 0.3 is 5.97 Å². The van der Waals surface area contributed by atoms with Crippen molar-refractivity contribution in [1.82, 2.24) is 29.2 Å². The molecule has 3 aromatic rings. The van der Waals surface area contributed by atoms with Gasteiger partial charge in [-0.2, -0.15) is 0 Å². The number of carboxylic acid groups (broad SMARTS) is 1. The minimum Gasteiger partial charge on any atom is -0.478 e. The number of carboxylic acids is 1. The van der Waals surface area contributed by atoms with E-state index in [9.17, 15) is 14.7 Å².